The Hall–Kier alpha value is -1.40. The molecule has 2 aromatic rings. The second-order valence-corrected chi connectivity index (χ2v) is 6.95. The maximum atomic E-state index is 13.2. The van der Waals surface area contributed by atoms with E-state index in [0.29, 0.717) is 10.0 Å². The minimum Gasteiger partial charge on any atom is -0.398 e. The van der Waals surface area contributed by atoms with E-state index in [1.807, 2.05) is 0 Å². The summed E-state index contributed by atoms with van der Waals surface area (Å²) in [5.74, 6) is -0.780. The van der Waals surface area contributed by atoms with Gasteiger partial charge in [-0.05, 0) is 35.9 Å². The van der Waals surface area contributed by atoms with Gasteiger partial charge in [-0.2, -0.15) is 0 Å². The molecule has 0 unspecified atom stereocenters. The van der Waals surface area contributed by atoms with E-state index in [9.17, 15) is 12.8 Å². The summed E-state index contributed by atoms with van der Waals surface area (Å²) < 4.78 is 38.2. The number of hydrogen-bond donors (Lipinski definition) is 1. The Kier molecular flexibility index (Phi) is 3.91. The quantitative estimate of drug-likeness (QED) is 0.871. The summed E-state index contributed by atoms with van der Waals surface area (Å²) in [7, 11) is -3.59. The summed E-state index contributed by atoms with van der Waals surface area (Å²) in [6, 6.07) is 10.3. The Morgan fingerprint density at radius 2 is 1.84 bits per heavy atom. The van der Waals surface area contributed by atoms with Crippen molar-refractivity contribution in [3.63, 3.8) is 0 Å². The van der Waals surface area contributed by atoms with Gasteiger partial charge >= 0.3 is 0 Å². The molecular formula is C13H11BrFNO2S. The van der Waals surface area contributed by atoms with Crippen LogP contribution >= 0.6 is 15.9 Å². The third-order valence-corrected chi connectivity index (χ3v) is 4.75. The molecule has 100 valence electrons. The largest absolute Gasteiger partial charge is 0.398 e. The molecule has 0 aromatic heterocycles. The summed E-state index contributed by atoms with van der Waals surface area (Å²) in [5.41, 5.74) is 6.22. The lowest BCUT2D eigenvalue weighted by molar-refractivity contribution is 0.595. The SMILES string of the molecule is Nc1ccccc1S(=O)(=O)Cc1cc(F)cc(Br)c1. The molecule has 0 heterocycles. The van der Waals surface area contributed by atoms with Gasteiger partial charge in [-0.3, -0.25) is 0 Å². The smallest absolute Gasteiger partial charge is 0.184 e. The minimum absolute atomic E-state index is 0.0652. The first-order valence-corrected chi connectivity index (χ1v) is 7.85. The Balaban J connectivity index is 2.39. The van der Waals surface area contributed by atoms with Gasteiger partial charge in [0, 0.05) is 4.47 Å². The van der Waals surface area contributed by atoms with E-state index in [0.717, 1.165) is 0 Å². The molecule has 2 N–H and O–H groups in total. The average Bonchev–Trinajstić information content (AvgIpc) is 2.26. The molecule has 0 radical (unpaired) electrons. The number of halogens is 2. The van der Waals surface area contributed by atoms with Crippen molar-refractivity contribution in [3.05, 3.63) is 58.3 Å². The molecule has 3 nitrogen and oxygen atoms in total. The standard InChI is InChI=1S/C13H11BrFNO2S/c14-10-5-9(6-11(15)7-10)8-19(17,18)13-4-2-1-3-12(13)16/h1-7H,8,16H2. The monoisotopic (exact) mass is 343 g/mol. The maximum absolute atomic E-state index is 13.2. The lowest BCUT2D eigenvalue weighted by Crippen LogP contribution is -2.08. The number of anilines is 1. The third-order valence-electron chi connectivity index (χ3n) is 2.53. The number of nitrogen functional groups attached to an aromatic ring is 1. The van der Waals surface area contributed by atoms with Gasteiger partial charge in [-0.25, -0.2) is 12.8 Å². The van der Waals surface area contributed by atoms with Crippen LogP contribution in [0.3, 0.4) is 0 Å². The predicted octanol–water partition coefficient (Wildman–Crippen LogP) is 3.14. The minimum atomic E-state index is -3.59. The van der Waals surface area contributed by atoms with Crippen molar-refractivity contribution in [1.29, 1.82) is 0 Å². The zero-order valence-electron chi connectivity index (χ0n) is 9.81. The second-order valence-electron chi connectivity index (χ2n) is 4.07. The molecule has 2 aromatic carbocycles. The average molecular weight is 344 g/mol. The maximum Gasteiger partial charge on any atom is 0.184 e. The van der Waals surface area contributed by atoms with Gasteiger partial charge in [0.1, 0.15) is 5.82 Å². The number of hydrogen-bond acceptors (Lipinski definition) is 3. The van der Waals surface area contributed by atoms with E-state index in [1.165, 1.54) is 24.3 Å². The first-order valence-electron chi connectivity index (χ1n) is 5.41. The molecule has 0 amide bonds. The van der Waals surface area contributed by atoms with Gasteiger partial charge in [0.15, 0.2) is 9.84 Å². The van der Waals surface area contributed by atoms with E-state index in [2.05, 4.69) is 15.9 Å². The van der Waals surface area contributed by atoms with Gasteiger partial charge in [0.2, 0.25) is 0 Å². The molecule has 0 fully saturated rings. The van der Waals surface area contributed by atoms with Crippen molar-refractivity contribution in [2.75, 3.05) is 5.73 Å². The lowest BCUT2D eigenvalue weighted by Gasteiger charge is -2.08. The molecule has 0 saturated carbocycles. The Morgan fingerprint density at radius 1 is 1.16 bits per heavy atom. The van der Waals surface area contributed by atoms with Gasteiger partial charge in [-0.1, -0.05) is 28.1 Å². The summed E-state index contributed by atoms with van der Waals surface area (Å²) in [6.07, 6.45) is 0. The van der Waals surface area contributed by atoms with E-state index in [1.54, 1.807) is 18.2 Å². The summed E-state index contributed by atoms with van der Waals surface area (Å²) in [5, 5.41) is 0. The van der Waals surface area contributed by atoms with Crippen LogP contribution in [0.1, 0.15) is 5.56 Å². The summed E-state index contributed by atoms with van der Waals surface area (Å²) >= 11 is 3.13. The Bertz CT molecular complexity index is 696. The molecule has 2 rings (SSSR count). The van der Waals surface area contributed by atoms with Crippen LogP contribution in [0.2, 0.25) is 0 Å². The van der Waals surface area contributed by atoms with Crippen LogP contribution in [-0.4, -0.2) is 8.42 Å². The number of para-hydroxylation sites is 1. The molecule has 0 aliphatic carbocycles. The second kappa shape index (κ2) is 5.30. The summed E-state index contributed by atoms with van der Waals surface area (Å²) in [4.78, 5) is 0.0652. The van der Waals surface area contributed by atoms with E-state index in [-0.39, 0.29) is 16.3 Å². The van der Waals surface area contributed by atoms with E-state index < -0.39 is 15.7 Å². The normalized spacial score (nSPS) is 11.5. The topological polar surface area (TPSA) is 60.2 Å². The molecule has 0 saturated heterocycles. The van der Waals surface area contributed by atoms with Crippen molar-refractivity contribution >= 4 is 31.5 Å². The first kappa shape index (κ1) is 14.0. The molecule has 0 aliphatic heterocycles. The predicted molar refractivity (Wildman–Crippen MR) is 75.8 cm³/mol. The highest BCUT2D eigenvalue weighted by molar-refractivity contribution is 9.10. The number of benzene rings is 2. The molecule has 19 heavy (non-hydrogen) atoms. The van der Waals surface area contributed by atoms with Crippen molar-refractivity contribution in [2.24, 2.45) is 0 Å². The molecule has 0 bridgehead atoms. The highest BCUT2D eigenvalue weighted by Gasteiger charge is 2.18. The highest BCUT2D eigenvalue weighted by Crippen LogP contribution is 2.24. The van der Waals surface area contributed by atoms with Crippen LogP contribution in [0, 0.1) is 5.82 Å². The molecule has 0 spiro atoms. The van der Waals surface area contributed by atoms with Crippen molar-refractivity contribution < 1.29 is 12.8 Å². The number of sulfone groups is 1. The van der Waals surface area contributed by atoms with Crippen molar-refractivity contribution in [3.8, 4) is 0 Å². The zero-order valence-corrected chi connectivity index (χ0v) is 12.2. The lowest BCUT2D eigenvalue weighted by atomic mass is 10.2. The Morgan fingerprint density at radius 3 is 2.47 bits per heavy atom. The van der Waals surface area contributed by atoms with Crippen LogP contribution in [0.25, 0.3) is 0 Å². The third kappa shape index (κ3) is 3.33. The van der Waals surface area contributed by atoms with Gasteiger partial charge in [-0.15, -0.1) is 0 Å². The van der Waals surface area contributed by atoms with Crippen LogP contribution < -0.4 is 5.73 Å². The number of nitrogens with two attached hydrogens (primary N) is 1. The Labute approximate surface area is 119 Å². The molecular weight excluding hydrogens is 333 g/mol. The number of rotatable bonds is 3. The van der Waals surface area contributed by atoms with Crippen LogP contribution in [0.15, 0.2) is 51.8 Å². The fourth-order valence-corrected chi connectivity index (χ4v) is 3.74. The van der Waals surface area contributed by atoms with Crippen LogP contribution in [0.5, 0.6) is 0 Å². The first-order chi connectivity index (χ1) is 8.88. The van der Waals surface area contributed by atoms with Crippen molar-refractivity contribution in [2.45, 2.75) is 10.6 Å². The fraction of sp³-hybridized carbons (Fsp3) is 0.0769. The molecule has 0 atom stereocenters. The van der Waals surface area contributed by atoms with Crippen molar-refractivity contribution in [1.82, 2.24) is 0 Å². The van der Waals surface area contributed by atoms with Gasteiger partial charge in [0.05, 0.1) is 16.3 Å². The highest BCUT2D eigenvalue weighted by atomic mass is 79.9. The van der Waals surface area contributed by atoms with Crippen LogP contribution in [0.4, 0.5) is 10.1 Å². The summed E-state index contributed by atoms with van der Waals surface area (Å²) in [6.45, 7) is 0. The van der Waals surface area contributed by atoms with Crippen LogP contribution in [-0.2, 0) is 15.6 Å². The molecule has 0 aliphatic rings. The molecule has 6 heteroatoms. The van der Waals surface area contributed by atoms with E-state index >= 15 is 0 Å². The van der Waals surface area contributed by atoms with Gasteiger partial charge in [0.25, 0.3) is 0 Å². The zero-order chi connectivity index (χ0) is 14.0. The van der Waals surface area contributed by atoms with E-state index in [4.69, 9.17) is 5.73 Å². The fourth-order valence-electron chi connectivity index (χ4n) is 1.76. The van der Waals surface area contributed by atoms with Gasteiger partial charge < -0.3 is 5.73 Å².